The summed E-state index contributed by atoms with van der Waals surface area (Å²) in [6.07, 6.45) is 7.54. The summed E-state index contributed by atoms with van der Waals surface area (Å²) in [4.78, 5) is 11.3. The molecule has 1 aliphatic carbocycles. The summed E-state index contributed by atoms with van der Waals surface area (Å²) in [5, 5.41) is 0. The molecule has 0 aromatic carbocycles. The Morgan fingerprint density at radius 2 is 2.19 bits per heavy atom. The Labute approximate surface area is 99.6 Å². The number of hydrogen-bond donors (Lipinski definition) is 0. The highest BCUT2D eigenvalue weighted by Gasteiger charge is 2.33. The summed E-state index contributed by atoms with van der Waals surface area (Å²) in [6, 6.07) is 0. The van der Waals surface area contributed by atoms with E-state index >= 15 is 0 Å². The molecule has 0 aliphatic heterocycles. The number of hydrogen-bond acceptors (Lipinski definition) is 1. The highest BCUT2D eigenvalue weighted by molar-refractivity contribution is 5.93. The van der Waals surface area contributed by atoms with E-state index in [1.807, 2.05) is 0 Å². The van der Waals surface area contributed by atoms with Crippen molar-refractivity contribution < 1.29 is 4.79 Å². The molecule has 0 aromatic rings. The van der Waals surface area contributed by atoms with Gasteiger partial charge in [0, 0.05) is 0 Å². The van der Waals surface area contributed by atoms with Gasteiger partial charge in [-0.2, -0.15) is 0 Å². The van der Waals surface area contributed by atoms with Gasteiger partial charge in [-0.05, 0) is 50.0 Å². The molecule has 0 radical (unpaired) electrons. The summed E-state index contributed by atoms with van der Waals surface area (Å²) in [7, 11) is 0. The highest BCUT2D eigenvalue weighted by atomic mass is 16.1. The monoisotopic (exact) mass is 220 g/mol. The smallest absolute Gasteiger partial charge is 0.155 e. The molecular formula is C15H24O. The minimum atomic E-state index is 0.225. The van der Waals surface area contributed by atoms with Crippen molar-refractivity contribution in [1.29, 1.82) is 0 Å². The first-order valence-electron chi connectivity index (χ1n) is 6.26. The average molecular weight is 220 g/mol. The van der Waals surface area contributed by atoms with E-state index in [-0.39, 0.29) is 5.78 Å². The second-order valence-corrected chi connectivity index (χ2v) is 5.42. The molecule has 0 spiro atoms. The van der Waals surface area contributed by atoms with Crippen LogP contribution < -0.4 is 0 Å². The molecule has 1 rings (SSSR count). The van der Waals surface area contributed by atoms with E-state index in [1.54, 1.807) is 6.92 Å². The van der Waals surface area contributed by atoms with Crippen LogP contribution in [0.2, 0.25) is 0 Å². The maximum Gasteiger partial charge on any atom is 0.155 e. The minimum absolute atomic E-state index is 0.225. The number of carbonyl (C=O) groups is 1. The van der Waals surface area contributed by atoms with Gasteiger partial charge in [-0.15, -0.1) is 0 Å². The van der Waals surface area contributed by atoms with Crippen LogP contribution in [0.1, 0.15) is 53.9 Å². The predicted octanol–water partition coefficient (Wildman–Crippen LogP) is 4.29. The SMILES string of the molecule is CC/C(=C\C[C@H]1CC=C(C)C1(C)C)C(C)=O. The maximum absolute atomic E-state index is 11.3. The van der Waals surface area contributed by atoms with Crippen molar-refractivity contribution >= 4 is 5.78 Å². The van der Waals surface area contributed by atoms with Gasteiger partial charge in [0.2, 0.25) is 0 Å². The molecule has 90 valence electrons. The Morgan fingerprint density at radius 3 is 2.56 bits per heavy atom. The van der Waals surface area contributed by atoms with Gasteiger partial charge in [-0.3, -0.25) is 4.79 Å². The minimum Gasteiger partial charge on any atom is -0.295 e. The lowest BCUT2D eigenvalue weighted by Gasteiger charge is -2.29. The van der Waals surface area contributed by atoms with Crippen LogP contribution in [0.25, 0.3) is 0 Å². The molecule has 1 atom stereocenters. The zero-order valence-electron chi connectivity index (χ0n) is 11.3. The standard InChI is InChI=1S/C15H24O/c1-6-13(12(3)16)8-10-14-9-7-11(2)15(14,4)5/h7-8,14H,6,9-10H2,1-5H3/b13-8+/t14-/m1/s1. The summed E-state index contributed by atoms with van der Waals surface area (Å²) in [5.41, 5.74) is 2.78. The van der Waals surface area contributed by atoms with E-state index in [0.29, 0.717) is 11.3 Å². The van der Waals surface area contributed by atoms with E-state index in [1.165, 1.54) is 5.57 Å². The van der Waals surface area contributed by atoms with Crippen LogP contribution in [0.4, 0.5) is 0 Å². The summed E-state index contributed by atoms with van der Waals surface area (Å²) in [6.45, 7) is 10.6. The molecule has 0 saturated heterocycles. The molecule has 0 amide bonds. The van der Waals surface area contributed by atoms with Crippen molar-refractivity contribution in [2.45, 2.75) is 53.9 Å². The molecule has 16 heavy (non-hydrogen) atoms. The number of allylic oxidation sites excluding steroid dienone is 4. The third-order valence-electron chi connectivity index (χ3n) is 4.23. The zero-order valence-corrected chi connectivity index (χ0v) is 11.3. The van der Waals surface area contributed by atoms with E-state index in [4.69, 9.17) is 0 Å². The molecule has 0 N–H and O–H groups in total. The molecule has 0 fully saturated rings. The van der Waals surface area contributed by atoms with Crippen LogP contribution in [0, 0.1) is 11.3 Å². The molecule has 0 bridgehead atoms. The number of ketones is 1. The maximum atomic E-state index is 11.3. The molecule has 0 unspecified atom stereocenters. The van der Waals surface area contributed by atoms with Gasteiger partial charge >= 0.3 is 0 Å². The van der Waals surface area contributed by atoms with Crippen LogP contribution in [-0.2, 0) is 4.79 Å². The number of carbonyl (C=O) groups excluding carboxylic acids is 1. The van der Waals surface area contributed by atoms with E-state index in [9.17, 15) is 4.79 Å². The fraction of sp³-hybridized carbons (Fsp3) is 0.667. The zero-order chi connectivity index (χ0) is 12.3. The summed E-state index contributed by atoms with van der Waals surface area (Å²) < 4.78 is 0. The van der Waals surface area contributed by atoms with Crippen LogP contribution in [0.5, 0.6) is 0 Å². The highest BCUT2D eigenvalue weighted by Crippen LogP contribution is 2.44. The Hall–Kier alpha value is -0.850. The fourth-order valence-corrected chi connectivity index (χ4v) is 2.41. The van der Waals surface area contributed by atoms with Crippen LogP contribution >= 0.6 is 0 Å². The van der Waals surface area contributed by atoms with Crippen molar-refractivity contribution in [1.82, 2.24) is 0 Å². The summed E-state index contributed by atoms with van der Waals surface area (Å²) >= 11 is 0. The van der Waals surface area contributed by atoms with Crippen molar-refractivity contribution in [3.05, 3.63) is 23.3 Å². The van der Waals surface area contributed by atoms with Gasteiger partial charge in [0.05, 0.1) is 0 Å². The Morgan fingerprint density at radius 1 is 1.56 bits per heavy atom. The molecule has 1 nitrogen and oxygen atoms in total. The third kappa shape index (κ3) is 2.63. The first-order valence-corrected chi connectivity index (χ1v) is 6.26. The van der Waals surface area contributed by atoms with E-state index < -0.39 is 0 Å². The van der Waals surface area contributed by atoms with Gasteiger partial charge in [0.15, 0.2) is 5.78 Å². The van der Waals surface area contributed by atoms with Gasteiger partial charge in [0.25, 0.3) is 0 Å². The second-order valence-electron chi connectivity index (χ2n) is 5.42. The van der Waals surface area contributed by atoms with E-state index in [2.05, 4.69) is 39.8 Å². The normalized spacial score (nSPS) is 24.4. The summed E-state index contributed by atoms with van der Waals surface area (Å²) in [5.74, 6) is 0.886. The molecule has 1 aliphatic rings. The molecule has 0 aromatic heterocycles. The molecular weight excluding hydrogens is 196 g/mol. The predicted molar refractivity (Wildman–Crippen MR) is 69.3 cm³/mol. The molecule has 1 heteroatoms. The fourth-order valence-electron chi connectivity index (χ4n) is 2.41. The lowest BCUT2D eigenvalue weighted by Crippen LogP contribution is -2.20. The Bertz CT molecular complexity index is 331. The first kappa shape index (κ1) is 13.2. The number of Topliss-reactive ketones (excluding diaryl/α,β-unsaturated/α-hetero) is 1. The van der Waals surface area contributed by atoms with Crippen LogP contribution in [0.15, 0.2) is 23.3 Å². The average Bonchev–Trinajstić information content (AvgIpc) is 2.44. The van der Waals surface area contributed by atoms with Crippen LogP contribution in [0.3, 0.4) is 0 Å². The van der Waals surface area contributed by atoms with Crippen molar-refractivity contribution in [2.75, 3.05) is 0 Å². The first-order chi connectivity index (χ1) is 7.39. The quantitative estimate of drug-likeness (QED) is 0.510. The lowest BCUT2D eigenvalue weighted by molar-refractivity contribution is -0.113. The van der Waals surface area contributed by atoms with Crippen molar-refractivity contribution in [3.8, 4) is 0 Å². The largest absolute Gasteiger partial charge is 0.295 e. The van der Waals surface area contributed by atoms with Gasteiger partial charge < -0.3 is 0 Å². The van der Waals surface area contributed by atoms with Gasteiger partial charge in [-0.25, -0.2) is 0 Å². The number of rotatable bonds is 4. The van der Waals surface area contributed by atoms with E-state index in [0.717, 1.165) is 24.8 Å². The second kappa shape index (κ2) is 4.99. The molecule has 0 heterocycles. The van der Waals surface area contributed by atoms with Gasteiger partial charge in [-0.1, -0.05) is 38.5 Å². The molecule has 0 saturated carbocycles. The Balaban J connectivity index is 2.68. The van der Waals surface area contributed by atoms with Crippen molar-refractivity contribution in [3.63, 3.8) is 0 Å². The third-order valence-corrected chi connectivity index (χ3v) is 4.23. The topological polar surface area (TPSA) is 17.1 Å². The van der Waals surface area contributed by atoms with Crippen molar-refractivity contribution in [2.24, 2.45) is 11.3 Å². The lowest BCUT2D eigenvalue weighted by atomic mass is 9.76. The van der Waals surface area contributed by atoms with Gasteiger partial charge in [0.1, 0.15) is 0 Å². The van der Waals surface area contributed by atoms with Crippen LogP contribution in [-0.4, -0.2) is 5.78 Å². The Kier molecular flexibility index (Phi) is 4.12.